The second kappa shape index (κ2) is 7.97. The van der Waals surface area contributed by atoms with E-state index in [0.29, 0.717) is 17.8 Å². The number of anilines is 2. The molecule has 1 aromatic heterocycles. The molecule has 6 heteroatoms. The third kappa shape index (κ3) is 3.83. The van der Waals surface area contributed by atoms with E-state index in [4.69, 9.17) is 0 Å². The van der Waals surface area contributed by atoms with Gasteiger partial charge >= 0.3 is 0 Å². The van der Waals surface area contributed by atoms with Crippen LogP contribution in [0.4, 0.5) is 11.5 Å². The molecule has 0 saturated heterocycles. The second-order valence-electron chi connectivity index (χ2n) is 10.4. The van der Waals surface area contributed by atoms with Crippen LogP contribution in [0.2, 0.25) is 0 Å². The molecule has 1 aliphatic carbocycles. The first-order valence-electron chi connectivity index (χ1n) is 11.7. The van der Waals surface area contributed by atoms with Gasteiger partial charge in [0.1, 0.15) is 17.4 Å². The Morgan fingerprint density at radius 1 is 1.06 bits per heavy atom. The maximum Gasteiger partial charge on any atom is 0.261 e. The Morgan fingerprint density at radius 3 is 2.50 bits per heavy atom. The highest BCUT2D eigenvalue weighted by Crippen LogP contribution is 2.46. The van der Waals surface area contributed by atoms with Crippen molar-refractivity contribution in [1.29, 1.82) is 0 Å². The lowest BCUT2D eigenvalue weighted by molar-refractivity contribution is -0.118. The van der Waals surface area contributed by atoms with E-state index < -0.39 is 0 Å². The van der Waals surface area contributed by atoms with Crippen molar-refractivity contribution in [3.63, 3.8) is 0 Å². The molecule has 2 aliphatic rings. The van der Waals surface area contributed by atoms with Gasteiger partial charge < -0.3 is 10.6 Å². The molecular formula is C28H30N4O2. The van der Waals surface area contributed by atoms with E-state index >= 15 is 0 Å². The third-order valence-electron chi connectivity index (χ3n) is 6.91. The van der Waals surface area contributed by atoms with Gasteiger partial charge in [0.25, 0.3) is 5.91 Å². The average Bonchev–Trinajstić information content (AvgIpc) is 3.18. The van der Waals surface area contributed by atoms with Crippen LogP contribution < -0.4 is 10.6 Å². The zero-order chi connectivity index (χ0) is 24.2. The molecule has 34 heavy (non-hydrogen) atoms. The quantitative estimate of drug-likeness (QED) is 0.531. The van der Waals surface area contributed by atoms with Gasteiger partial charge in [0.15, 0.2) is 5.78 Å². The van der Waals surface area contributed by atoms with Crippen molar-refractivity contribution < 1.29 is 9.59 Å². The number of aromatic nitrogens is 2. The molecule has 0 bridgehead atoms. The van der Waals surface area contributed by atoms with E-state index in [0.717, 1.165) is 40.1 Å². The predicted molar refractivity (Wildman–Crippen MR) is 134 cm³/mol. The van der Waals surface area contributed by atoms with Crippen LogP contribution in [-0.2, 0) is 4.79 Å². The summed E-state index contributed by atoms with van der Waals surface area (Å²) in [5.41, 5.74) is 7.11. The van der Waals surface area contributed by atoms with E-state index in [2.05, 4.69) is 29.6 Å². The van der Waals surface area contributed by atoms with Crippen LogP contribution in [0, 0.1) is 26.2 Å². The Balaban J connectivity index is 1.58. The summed E-state index contributed by atoms with van der Waals surface area (Å²) in [6.45, 7) is 10.3. The smallest absolute Gasteiger partial charge is 0.261 e. The van der Waals surface area contributed by atoms with Gasteiger partial charge in [-0.2, -0.15) is 5.10 Å². The number of nitrogens with zero attached hydrogens (tertiary/aromatic N) is 2. The maximum absolute atomic E-state index is 13.3. The summed E-state index contributed by atoms with van der Waals surface area (Å²) in [5, 5.41) is 11.0. The van der Waals surface area contributed by atoms with Gasteiger partial charge in [0.2, 0.25) is 0 Å². The lowest BCUT2D eigenvalue weighted by Gasteiger charge is -2.39. The Kier molecular flexibility index (Phi) is 5.19. The SMILES string of the molecule is Cc1ccc(C2C3=C(CC(C)(C)CC3=O)Nc3c(C(=O)Nc4ccc(C)c(C)c4)cnn32)cc1. The summed E-state index contributed by atoms with van der Waals surface area (Å²) in [5.74, 6) is 0.521. The number of allylic oxidation sites excluding steroid dienone is 2. The summed E-state index contributed by atoms with van der Waals surface area (Å²) in [6, 6.07) is 13.7. The number of amides is 1. The maximum atomic E-state index is 13.3. The van der Waals surface area contributed by atoms with E-state index in [-0.39, 0.29) is 23.1 Å². The van der Waals surface area contributed by atoms with E-state index in [1.54, 1.807) is 10.9 Å². The van der Waals surface area contributed by atoms with Gasteiger partial charge in [-0.05, 0) is 61.4 Å². The molecule has 0 radical (unpaired) electrons. The second-order valence-corrected chi connectivity index (χ2v) is 10.4. The zero-order valence-corrected chi connectivity index (χ0v) is 20.3. The minimum atomic E-state index is -0.362. The molecule has 174 valence electrons. The van der Waals surface area contributed by atoms with Gasteiger partial charge in [0.05, 0.1) is 6.20 Å². The monoisotopic (exact) mass is 454 g/mol. The number of nitrogens with one attached hydrogen (secondary N) is 2. The van der Waals surface area contributed by atoms with Crippen LogP contribution in [-0.4, -0.2) is 21.5 Å². The van der Waals surface area contributed by atoms with E-state index in [1.807, 2.05) is 63.2 Å². The first-order chi connectivity index (χ1) is 16.1. The molecule has 2 N–H and O–H groups in total. The number of ketones is 1. The number of carbonyl (C=O) groups is 2. The van der Waals surface area contributed by atoms with Gasteiger partial charge in [0, 0.05) is 23.4 Å². The number of Topliss-reactive ketones (excluding diaryl/α,β-unsaturated/α-hetero) is 1. The Bertz CT molecular complexity index is 1350. The summed E-state index contributed by atoms with van der Waals surface area (Å²) < 4.78 is 1.79. The molecular weight excluding hydrogens is 424 g/mol. The number of benzene rings is 2. The molecule has 0 saturated carbocycles. The lowest BCUT2D eigenvalue weighted by atomic mass is 9.73. The fourth-order valence-corrected chi connectivity index (χ4v) is 4.95. The fraction of sp³-hybridized carbons (Fsp3) is 0.321. The van der Waals surface area contributed by atoms with Crippen LogP contribution in [0.5, 0.6) is 0 Å². The molecule has 5 rings (SSSR count). The fourth-order valence-electron chi connectivity index (χ4n) is 4.95. The molecule has 1 atom stereocenters. The van der Waals surface area contributed by atoms with E-state index in [9.17, 15) is 9.59 Å². The molecule has 3 aromatic rings. The summed E-state index contributed by atoms with van der Waals surface area (Å²) in [6.07, 6.45) is 2.82. The van der Waals surface area contributed by atoms with Gasteiger partial charge in [-0.1, -0.05) is 49.7 Å². The normalized spacial score (nSPS) is 18.7. The van der Waals surface area contributed by atoms with Crippen LogP contribution in [0.3, 0.4) is 0 Å². The van der Waals surface area contributed by atoms with Gasteiger partial charge in [-0.15, -0.1) is 0 Å². The molecule has 0 fully saturated rings. The number of hydrogen-bond acceptors (Lipinski definition) is 4. The van der Waals surface area contributed by atoms with Crippen LogP contribution in [0.15, 0.2) is 59.9 Å². The van der Waals surface area contributed by atoms with Gasteiger partial charge in [-0.25, -0.2) is 4.68 Å². The standard InChI is InChI=1S/C28H30N4O2/c1-16-6-9-19(10-7-16)25-24-22(13-28(4,5)14-23(24)33)31-26-21(15-29-32(25)26)27(34)30-20-11-8-17(2)18(3)12-20/h6-12,15,25,31H,13-14H2,1-5H3,(H,30,34). The Labute approximate surface area is 200 Å². The minimum absolute atomic E-state index is 0.131. The number of aryl methyl sites for hydroxylation is 3. The van der Waals surface area contributed by atoms with Crippen molar-refractivity contribution in [3.8, 4) is 0 Å². The zero-order valence-electron chi connectivity index (χ0n) is 20.3. The minimum Gasteiger partial charge on any atom is -0.343 e. The lowest BCUT2D eigenvalue weighted by Crippen LogP contribution is -2.37. The van der Waals surface area contributed by atoms with Crippen molar-refractivity contribution in [2.24, 2.45) is 5.41 Å². The average molecular weight is 455 g/mol. The number of rotatable bonds is 3. The van der Waals surface area contributed by atoms with Crippen LogP contribution >= 0.6 is 0 Å². The molecule has 1 amide bonds. The predicted octanol–water partition coefficient (Wildman–Crippen LogP) is 5.72. The summed E-state index contributed by atoms with van der Waals surface area (Å²) in [7, 11) is 0. The van der Waals surface area contributed by atoms with Crippen molar-refractivity contribution in [3.05, 3.63) is 87.7 Å². The van der Waals surface area contributed by atoms with Crippen molar-refractivity contribution in [2.45, 2.75) is 53.5 Å². The summed E-state index contributed by atoms with van der Waals surface area (Å²) in [4.78, 5) is 26.6. The topological polar surface area (TPSA) is 76.0 Å². The van der Waals surface area contributed by atoms with Crippen molar-refractivity contribution >= 4 is 23.2 Å². The third-order valence-corrected chi connectivity index (χ3v) is 6.91. The number of carbonyl (C=O) groups excluding carboxylic acids is 2. The highest BCUT2D eigenvalue weighted by atomic mass is 16.1. The molecule has 1 aliphatic heterocycles. The number of fused-ring (bicyclic) bond motifs is 1. The molecule has 6 nitrogen and oxygen atoms in total. The Morgan fingerprint density at radius 2 is 1.79 bits per heavy atom. The van der Waals surface area contributed by atoms with Crippen LogP contribution in [0.25, 0.3) is 0 Å². The molecule has 2 heterocycles. The molecule has 2 aromatic carbocycles. The highest BCUT2D eigenvalue weighted by Gasteiger charge is 2.42. The highest BCUT2D eigenvalue weighted by molar-refractivity contribution is 6.08. The largest absolute Gasteiger partial charge is 0.343 e. The first kappa shape index (κ1) is 22.1. The Hall–Kier alpha value is -3.67. The molecule has 0 spiro atoms. The summed E-state index contributed by atoms with van der Waals surface area (Å²) >= 11 is 0. The van der Waals surface area contributed by atoms with Crippen molar-refractivity contribution in [1.82, 2.24) is 9.78 Å². The van der Waals surface area contributed by atoms with E-state index in [1.165, 1.54) is 5.56 Å². The van der Waals surface area contributed by atoms with Crippen molar-refractivity contribution in [2.75, 3.05) is 10.6 Å². The number of hydrogen-bond donors (Lipinski definition) is 2. The molecule has 1 unspecified atom stereocenters. The first-order valence-corrected chi connectivity index (χ1v) is 11.7. The van der Waals surface area contributed by atoms with Gasteiger partial charge in [-0.3, -0.25) is 9.59 Å². The van der Waals surface area contributed by atoms with Crippen LogP contribution in [0.1, 0.15) is 65.3 Å².